The first-order chi connectivity index (χ1) is 26.2. The van der Waals surface area contributed by atoms with Gasteiger partial charge in [-0.25, -0.2) is 0 Å². The molecule has 2 heterocycles. The number of ether oxygens (including phenoxy) is 1. The van der Waals surface area contributed by atoms with Crippen molar-refractivity contribution in [3.63, 3.8) is 0 Å². The summed E-state index contributed by atoms with van der Waals surface area (Å²) in [6.45, 7) is 6.20. The summed E-state index contributed by atoms with van der Waals surface area (Å²) in [6, 6.07) is 0. The van der Waals surface area contributed by atoms with Crippen molar-refractivity contribution < 1.29 is 35.1 Å². The van der Waals surface area contributed by atoms with E-state index in [1.807, 2.05) is 18.4 Å². The summed E-state index contributed by atoms with van der Waals surface area (Å²) in [5.74, 6) is 6.88. The molecule has 10 aliphatic rings. The molecule has 1 saturated heterocycles. The number of aliphatic hydroxyl groups excluding tert-OH is 3. The molecule has 0 radical (unpaired) electrons. The number of nitrogens with two attached hydrogens (primary N) is 1. The van der Waals surface area contributed by atoms with Gasteiger partial charge in [0.1, 0.15) is 6.10 Å². The summed E-state index contributed by atoms with van der Waals surface area (Å²) in [5.41, 5.74) is 2.03. The molecule has 4 saturated carbocycles. The quantitative estimate of drug-likeness (QED) is 0.152. The van der Waals surface area contributed by atoms with Gasteiger partial charge in [-0.2, -0.15) is 0 Å². The molecule has 0 aromatic heterocycles. The maximum Gasteiger partial charge on any atom is 0.163 e. The number of hydrogen-bond acceptors (Lipinski definition) is 9. The molecule has 55 heavy (non-hydrogen) atoms. The zero-order valence-corrected chi connectivity index (χ0v) is 33.0. The molecular weight excluding hydrogens is 693 g/mol. The third-order valence-corrected chi connectivity index (χ3v) is 17.6. The molecule has 0 aromatic rings. The summed E-state index contributed by atoms with van der Waals surface area (Å²) < 4.78 is 6.77. The van der Waals surface area contributed by atoms with Crippen LogP contribution in [0.3, 0.4) is 0 Å². The second-order valence-corrected chi connectivity index (χ2v) is 19.9. The van der Waals surface area contributed by atoms with Crippen LogP contribution in [0, 0.1) is 69.5 Å². The predicted molar refractivity (Wildman–Crippen MR) is 208 cm³/mol. The topological polar surface area (TPSA) is 166 Å². The Labute approximate surface area is 326 Å². The SMILES string of the molecule is CCCC1CCC2OC(C(O)C(C)(O)C3CCC4(O)C5=CC(=O)C67CC#CCC34CC3C=CC(C4=CNC(N)C=C4)CC6(CC(O)C(O)C7)C53)C(C)C2CC1. The van der Waals surface area contributed by atoms with E-state index in [0.29, 0.717) is 43.6 Å². The number of ketones is 1. The first-order valence-corrected chi connectivity index (χ1v) is 21.7. The minimum Gasteiger partial charge on any atom is -0.390 e. The summed E-state index contributed by atoms with van der Waals surface area (Å²) in [4.78, 5) is 15.0. The van der Waals surface area contributed by atoms with Gasteiger partial charge in [0.2, 0.25) is 0 Å². The van der Waals surface area contributed by atoms with Crippen molar-refractivity contribution in [3.05, 3.63) is 47.7 Å². The smallest absolute Gasteiger partial charge is 0.163 e. The standard InChI is InChI=1S/C46H64N2O7/c1-4-7-27-8-13-31-26(2)40(55-35(31)14-9-27)41(52)42(3,53)36-16-19-46(54)32-20-37(51)44-18-6-5-17-43(36,46)22-29-11-10-28(30-12-15-38(47)48-25-30)21-45(44,39(29)32)24-34(50)33(49)23-44/h10-12,15,20,25-29,31,33-36,38-41,48-50,52-54H,4,7-9,13-14,16-19,21-24,47H2,1-3H3. The Bertz CT molecular complexity index is 1760. The first kappa shape index (κ1) is 38.2. The third-order valence-electron chi connectivity index (χ3n) is 17.6. The number of hydrogen-bond donors (Lipinski definition) is 7. The van der Waals surface area contributed by atoms with Crippen molar-refractivity contribution in [3.8, 4) is 11.8 Å². The van der Waals surface area contributed by atoms with E-state index in [9.17, 15) is 25.5 Å². The maximum absolute atomic E-state index is 15.0. The van der Waals surface area contributed by atoms with Crippen LogP contribution < -0.4 is 11.1 Å². The highest BCUT2D eigenvalue weighted by Crippen LogP contribution is 2.76. The van der Waals surface area contributed by atoms with Gasteiger partial charge in [0, 0.05) is 30.4 Å². The Kier molecular flexibility index (Phi) is 9.30. The van der Waals surface area contributed by atoms with Crippen LogP contribution >= 0.6 is 0 Å². The van der Waals surface area contributed by atoms with Gasteiger partial charge >= 0.3 is 0 Å². The van der Waals surface area contributed by atoms with Crippen LogP contribution in [0.4, 0.5) is 0 Å². The fraction of sp³-hybridized carbons (Fsp3) is 0.761. The average molecular weight is 757 g/mol. The van der Waals surface area contributed by atoms with Crippen molar-refractivity contribution >= 4 is 5.78 Å². The number of carbonyl (C=O) groups is 1. The summed E-state index contributed by atoms with van der Waals surface area (Å²) >= 11 is 0. The Balaban J connectivity index is 1.13. The lowest BCUT2D eigenvalue weighted by Crippen LogP contribution is -2.69. The average Bonchev–Trinajstić information content (AvgIpc) is 3.47. The summed E-state index contributed by atoms with van der Waals surface area (Å²) in [7, 11) is 0. The number of fused-ring (bicyclic) bond motifs is 4. The second-order valence-electron chi connectivity index (χ2n) is 19.9. The van der Waals surface area contributed by atoms with E-state index in [0.717, 1.165) is 30.8 Å². The number of dihydropyridines is 1. The van der Waals surface area contributed by atoms with Crippen LogP contribution in [0.5, 0.6) is 0 Å². The van der Waals surface area contributed by atoms with Crippen molar-refractivity contribution in [2.24, 2.45) is 63.4 Å². The molecule has 9 nitrogen and oxygen atoms in total. The Hall–Kier alpha value is -2.29. The van der Waals surface area contributed by atoms with E-state index in [4.69, 9.17) is 10.5 Å². The maximum atomic E-state index is 15.0. The molecule has 2 aliphatic heterocycles. The highest BCUT2D eigenvalue weighted by Gasteiger charge is 2.76. The van der Waals surface area contributed by atoms with E-state index in [1.54, 1.807) is 13.0 Å². The highest BCUT2D eigenvalue weighted by atomic mass is 16.5. The monoisotopic (exact) mass is 756 g/mol. The molecular formula is C46H64N2O7. The lowest BCUT2D eigenvalue weighted by molar-refractivity contribution is -0.215. The van der Waals surface area contributed by atoms with E-state index in [-0.39, 0.29) is 61.0 Å². The lowest BCUT2D eigenvalue weighted by Gasteiger charge is -2.67. The molecule has 300 valence electrons. The van der Waals surface area contributed by atoms with Gasteiger partial charge in [-0.15, -0.1) is 11.8 Å². The summed E-state index contributed by atoms with van der Waals surface area (Å²) in [6.07, 6.45) is 17.8. The zero-order valence-electron chi connectivity index (χ0n) is 33.0. The molecule has 10 rings (SSSR count). The van der Waals surface area contributed by atoms with Gasteiger partial charge in [0.15, 0.2) is 5.78 Å². The van der Waals surface area contributed by atoms with Gasteiger partial charge < -0.3 is 41.3 Å². The normalized spacial score (nSPS) is 51.2. The van der Waals surface area contributed by atoms with E-state index in [1.165, 1.54) is 19.3 Å². The van der Waals surface area contributed by atoms with Crippen LogP contribution in [0.2, 0.25) is 0 Å². The molecule has 5 fully saturated rings. The Morgan fingerprint density at radius 1 is 1.02 bits per heavy atom. The number of aliphatic hydroxyl groups is 5. The first-order valence-electron chi connectivity index (χ1n) is 21.7. The van der Waals surface area contributed by atoms with Crippen LogP contribution in [-0.4, -0.2) is 79.2 Å². The largest absolute Gasteiger partial charge is 0.390 e. The molecule has 6 bridgehead atoms. The minimum atomic E-state index is -1.61. The Morgan fingerprint density at radius 2 is 1.78 bits per heavy atom. The van der Waals surface area contributed by atoms with Gasteiger partial charge in [0.25, 0.3) is 0 Å². The fourth-order valence-corrected chi connectivity index (χ4v) is 14.9. The molecule has 0 amide bonds. The van der Waals surface area contributed by atoms with Crippen LogP contribution in [0.25, 0.3) is 0 Å². The third kappa shape index (κ3) is 5.34. The molecule has 3 spiro atoms. The molecule has 8 N–H and O–H groups in total. The number of rotatable bonds is 6. The Morgan fingerprint density at radius 3 is 2.55 bits per heavy atom. The molecule has 0 aromatic carbocycles. The fourth-order valence-electron chi connectivity index (χ4n) is 14.9. The van der Waals surface area contributed by atoms with Crippen molar-refractivity contribution in [2.75, 3.05) is 0 Å². The molecule has 18 atom stereocenters. The van der Waals surface area contributed by atoms with Crippen LogP contribution in [-0.2, 0) is 9.53 Å². The number of nitrogens with one attached hydrogen (secondary N) is 1. The van der Waals surface area contributed by atoms with E-state index >= 15 is 4.79 Å². The van der Waals surface area contributed by atoms with Gasteiger partial charge in [-0.05, 0) is 129 Å². The number of carbonyl (C=O) groups excluding carboxylic acids is 1. The molecule has 8 aliphatic carbocycles. The summed E-state index contributed by atoms with van der Waals surface area (Å²) in [5, 5.41) is 64.9. The highest BCUT2D eigenvalue weighted by molar-refractivity contribution is 5.98. The van der Waals surface area contributed by atoms with Gasteiger partial charge in [0.05, 0.1) is 47.2 Å². The lowest BCUT2D eigenvalue weighted by atomic mass is 9.36. The van der Waals surface area contributed by atoms with Crippen LogP contribution in [0.15, 0.2) is 47.7 Å². The van der Waals surface area contributed by atoms with Crippen LogP contribution in [0.1, 0.15) is 111 Å². The van der Waals surface area contributed by atoms with Crippen molar-refractivity contribution in [1.82, 2.24) is 5.32 Å². The molecule has 18 unspecified atom stereocenters. The van der Waals surface area contributed by atoms with Gasteiger partial charge in [-0.3, -0.25) is 4.79 Å². The van der Waals surface area contributed by atoms with E-state index < -0.39 is 57.8 Å². The van der Waals surface area contributed by atoms with Gasteiger partial charge in [-0.1, -0.05) is 51.3 Å². The van der Waals surface area contributed by atoms with Crippen molar-refractivity contribution in [1.29, 1.82) is 0 Å². The second kappa shape index (κ2) is 13.4. The predicted octanol–water partition coefficient (Wildman–Crippen LogP) is 4.57. The van der Waals surface area contributed by atoms with E-state index in [2.05, 4.69) is 43.2 Å². The van der Waals surface area contributed by atoms with Crippen molar-refractivity contribution in [2.45, 2.75) is 159 Å². The molecule has 9 heteroatoms. The minimum absolute atomic E-state index is 0.0734. The number of allylic oxidation sites excluding steroid dienone is 5. The zero-order chi connectivity index (χ0) is 38.7.